The van der Waals surface area contributed by atoms with Gasteiger partial charge in [-0.1, -0.05) is 11.6 Å². The van der Waals surface area contributed by atoms with Gasteiger partial charge in [0.15, 0.2) is 0 Å². The molecule has 0 saturated carbocycles. The Morgan fingerprint density at radius 2 is 2.30 bits per heavy atom. The number of rotatable bonds is 0. The van der Waals surface area contributed by atoms with E-state index in [1.54, 1.807) is 13.2 Å². The van der Waals surface area contributed by atoms with Crippen LogP contribution in [0, 0.1) is 0 Å². The van der Waals surface area contributed by atoms with Crippen LogP contribution in [0.5, 0.6) is 0 Å². The van der Waals surface area contributed by atoms with Crippen molar-refractivity contribution in [2.24, 2.45) is 7.05 Å². The van der Waals surface area contributed by atoms with Crippen molar-refractivity contribution < 1.29 is 0 Å². The molecular weight excluding hydrogens is 217 g/mol. The molecule has 0 saturated heterocycles. The number of aryl methyl sites for hydroxylation is 1. The summed E-state index contributed by atoms with van der Waals surface area (Å²) < 4.78 is 2.06. The van der Waals surface area contributed by atoms with Crippen molar-refractivity contribution in [1.82, 2.24) is 4.57 Å². The highest BCUT2D eigenvalue weighted by Gasteiger charge is 1.97. The predicted octanol–water partition coefficient (Wildman–Crippen LogP) is 1.80. The van der Waals surface area contributed by atoms with E-state index in [0.29, 0.717) is 9.50 Å². The summed E-state index contributed by atoms with van der Waals surface area (Å²) in [5.41, 5.74) is -0.0729. The van der Waals surface area contributed by atoms with Crippen molar-refractivity contribution in [2.45, 2.75) is 0 Å². The van der Waals surface area contributed by atoms with Crippen LogP contribution in [0.3, 0.4) is 0 Å². The fraction of sp³-hybridized carbons (Fsp3) is 0.167. The Labute approximate surface area is 71.6 Å². The lowest BCUT2D eigenvalue weighted by Crippen LogP contribution is -2.14. The van der Waals surface area contributed by atoms with Gasteiger partial charge in [-0.3, -0.25) is 4.79 Å². The van der Waals surface area contributed by atoms with Gasteiger partial charge >= 0.3 is 0 Å². The molecule has 1 heterocycles. The first-order valence-corrected chi connectivity index (χ1v) is 3.80. The van der Waals surface area contributed by atoms with Gasteiger partial charge in [-0.2, -0.15) is 0 Å². The molecule has 0 amide bonds. The summed E-state index contributed by atoms with van der Waals surface area (Å²) in [6.07, 6.45) is 1.56. The Hall–Kier alpha value is -0.280. The lowest BCUT2D eigenvalue weighted by Gasteiger charge is -1.97. The van der Waals surface area contributed by atoms with Crippen LogP contribution < -0.4 is 5.56 Å². The zero-order chi connectivity index (χ0) is 7.72. The van der Waals surface area contributed by atoms with E-state index in [-0.39, 0.29) is 5.56 Å². The molecule has 4 heteroatoms. The summed E-state index contributed by atoms with van der Waals surface area (Å²) in [5, 5.41) is 0.544. The van der Waals surface area contributed by atoms with E-state index in [1.165, 1.54) is 10.6 Å². The summed E-state index contributed by atoms with van der Waals surface area (Å²) in [6, 6.07) is 1.43. The molecule has 0 N–H and O–H groups in total. The second kappa shape index (κ2) is 2.76. The summed E-state index contributed by atoms with van der Waals surface area (Å²) in [5.74, 6) is 0. The summed E-state index contributed by atoms with van der Waals surface area (Å²) >= 11 is 8.81. The van der Waals surface area contributed by atoms with Crippen molar-refractivity contribution in [2.75, 3.05) is 0 Å². The van der Waals surface area contributed by atoms with Crippen molar-refractivity contribution in [3.8, 4) is 0 Å². The summed E-state index contributed by atoms with van der Waals surface area (Å²) in [4.78, 5) is 10.9. The maximum absolute atomic E-state index is 10.9. The molecule has 0 unspecified atom stereocenters. The van der Waals surface area contributed by atoms with E-state index in [4.69, 9.17) is 11.6 Å². The number of nitrogens with zero attached hydrogens (tertiary/aromatic N) is 1. The minimum absolute atomic E-state index is 0.0729. The molecule has 2 nitrogen and oxygen atoms in total. The molecule has 0 aromatic carbocycles. The van der Waals surface area contributed by atoms with Crippen LogP contribution in [0.4, 0.5) is 0 Å². The van der Waals surface area contributed by atoms with Gasteiger partial charge in [-0.15, -0.1) is 0 Å². The standard InChI is InChI=1S/C6H5BrClNO/c1-9-3-5(8)4(7)2-6(9)10/h2-3H,1H3. The Morgan fingerprint density at radius 3 is 2.80 bits per heavy atom. The zero-order valence-corrected chi connectivity index (χ0v) is 7.61. The monoisotopic (exact) mass is 221 g/mol. The lowest BCUT2D eigenvalue weighted by molar-refractivity contribution is 0.858. The van der Waals surface area contributed by atoms with Gasteiger partial charge in [0.25, 0.3) is 5.56 Å². The van der Waals surface area contributed by atoms with Crippen LogP contribution in [0.1, 0.15) is 0 Å². The maximum atomic E-state index is 10.9. The van der Waals surface area contributed by atoms with Crippen molar-refractivity contribution in [1.29, 1.82) is 0 Å². The van der Waals surface area contributed by atoms with E-state index >= 15 is 0 Å². The fourth-order valence-corrected chi connectivity index (χ4v) is 1.07. The second-order valence-corrected chi connectivity index (χ2v) is 3.18. The molecule has 0 aliphatic heterocycles. The highest BCUT2D eigenvalue weighted by molar-refractivity contribution is 9.10. The van der Waals surface area contributed by atoms with E-state index in [9.17, 15) is 4.79 Å². The van der Waals surface area contributed by atoms with Crippen LogP contribution in [0.15, 0.2) is 21.5 Å². The average Bonchev–Trinajstić information content (AvgIpc) is 1.84. The van der Waals surface area contributed by atoms with Gasteiger partial charge in [-0.25, -0.2) is 0 Å². The first-order valence-electron chi connectivity index (χ1n) is 2.63. The molecule has 0 fully saturated rings. The minimum atomic E-state index is -0.0729. The molecule has 0 atom stereocenters. The SMILES string of the molecule is Cn1cc(Cl)c(Br)cc1=O. The van der Waals surface area contributed by atoms with Crippen LogP contribution in [0.25, 0.3) is 0 Å². The molecule has 1 aromatic rings. The van der Waals surface area contributed by atoms with Crippen LogP contribution in [-0.2, 0) is 7.05 Å². The molecule has 0 bridgehead atoms. The number of hydrogen-bond acceptors (Lipinski definition) is 1. The fourth-order valence-electron chi connectivity index (χ4n) is 0.574. The highest BCUT2D eigenvalue weighted by atomic mass is 79.9. The van der Waals surface area contributed by atoms with Gasteiger partial charge in [0.2, 0.25) is 0 Å². The molecule has 0 aliphatic rings. The third kappa shape index (κ3) is 1.41. The smallest absolute Gasteiger partial charge is 0.251 e. The Balaban J connectivity index is 3.43. The third-order valence-corrected chi connectivity index (χ3v) is 2.32. The lowest BCUT2D eigenvalue weighted by atomic mass is 10.5. The summed E-state index contributed by atoms with van der Waals surface area (Å²) in [7, 11) is 1.65. The second-order valence-electron chi connectivity index (χ2n) is 1.92. The molecule has 10 heavy (non-hydrogen) atoms. The van der Waals surface area contributed by atoms with E-state index in [0.717, 1.165) is 0 Å². The normalized spacial score (nSPS) is 9.90. The molecule has 1 rings (SSSR count). The topological polar surface area (TPSA) is 22.0 Å². The van der Waals surface area contributed by atoms with Gasteiger partial charge < -0.3 is 4.57 Å². The Kier molecular flexibility index (Phi) is 2.16. The number of halogens is 2. The van der Waals surface area contributed by atoms with Crippen LogP contribution >= 0.6 is 27.5 Å². The Bertz CT molecular complexity index is 307. The molecule has 0 radical (unpaired) electrons. The zero-order valence-electron chi connectivity index (χ0n) is 5.27. The largest absolute Gasteiger partial charge is 0.317 e. The number of pyridine rings is 1. The molecule has 54 valence electrons. The van der Waals surface area contributed by atoms with E-state index < -0.39 is 0 Å². The number of hydrogen-bond donors (Lipinski definition) is 0. The first-order chi connectivity index (χ1) is 4.61. The van der Waals surface area contributed by atoms with Crippen molar-refractivity contribution >= 4 is 27.5 Å². The highest BCUT2D eigenvalue weighted by Crippen LogP contribution is 2.18. The van der Waals surface area contributed by atoms with Gasteiger partial charge in [0.1, 0.15) is 0 Å². The van der Waals surface area contributed by atoms with Crippen LogP contribution in [0.2, 0.25) is 5.02 Å². The quantitative estimate of drug-likeness (QED) is 0.656. The number of aromatic nitrogens is 1. The van der Waals surface area contributed by atoms with Gasteiger partial charge in [0, 0.05) is 23.8 Å². The summed E-state index contributed by atoms with van der Waals surface area (Å²) in [6.45, 7) is 0. The first kappa shape index (κ1) is 7.82. The minimum Gasteiger partial charge on any atom is -0.317 e. The van der Waals surface area contributed by atoms with Crippen molar-refractivity contribution in [3.05, 3.63) is 32.1 Å². The Morgan fingerprint density at radius 1 is 1.70 bits per heavy atom. The van der Waals surface area contributed by atoms with Crippen molar-refractivity contribution in [3.63, 3.8) is 0 Å². The van der Waals surface area contributed by atoms with Gasteiger partial charge in [-0.05, 0) is 15.9 Å². The van der Waals surface area contributed by atoms with E-state index in [2.05, 4.69) is 15.9 Å². The molecule has 0 aliphatic carbocycles. The molecule has 1 aromatic heterocycles. The predicted molar refractivity (Wildman–Crippen MR) is 44.4 cm³/mol. The molecule has 0 spiro atoms. The maximum Gasteiger partial charge on any atom is 0.251 e. The van der Waals surface area contributed by atoms with Gasteiger partial charge in [0.05, 0.1) is 5.02 Å². The van der Waals surface area contributed by atoms with E-state index in [1.807, 2.05) is 0 Å². The van der Waals surface area contributed by atoms with Crippen LogP contribution in [-0.4, -0.2) is 4.57 Å². The third-order valence-electron chi connectivity index (χ3n) is 1.13. The average molecular weight is 222 g/mol. The molecular formula is C6H5BrClNO.